The first-order valence-electron chi connectivity index (χ1n) is 6.47. The number of anilines is 1. The quantitative estimate of drug-likeness (QED) is 0.636. The van der Waals surface area contributed by atoms with Crippen molar-refractivity contribution in [2.45, 2.75) is 13.5 Å². The summed E-state index contributed by atoms with van der Waals surface area (Å²) < 4.78 is 0. The van der Waals surface area contributed by atoms with Crippen LogP contribution in [0.4, 0.5) is 11.4 Å². The number of benzene rings is 2. The smallest absolute Gasteiger partial charge is 0.287 e. The summed E-state index contributed by atoms with van der Waals surface area (Å²) in [4.78, 5) is 12.3. The maximum atomic E-state index is 10.8. The van der Waals surface area contributed by atoms with Gasteiger partial charge in [0.15, 0.2) is 0 Å². The van der Waals surface area contributed by atoms with E-state index in [1.807, 2.05) is 49.2 Å². The molecule has 0 N–H and O–H groups in total. The molecule has 0 aromatic heterocycles. The van der Waals surface area contributed by atoms with Gasteiger partial charge >= 0.3 is 0 Å². The third-order valence-electron chi connectivity index (χ3n) is 3.41. The second-order valence-corrected chi connectivity index (χ2v) is 4.85. The zero-order chi connectivity index (χ0) is 15.4. The SMILES string of the molecule is Cc1ccccc1CN(C)c1ccc([N+](=O)[O-])c(C#N)c1. The predicted molar refractivity (Wildman–Crippen MR) is 81.1 cm³/mol. The van der Waals surface area contributed by atoms with E-state index in [0.29, 0.717) is 6.54 Å². The van der Waals surface area contributed by atoms with E-state index in [2.05, 4.69) is 0 Å². The Kier molecular flexibility index (Phi) is 4.19. The van der Waals surface area contributed by atoms with Crippen molar-refractivity contribution in [2.75, 3.05) is 11.9 Å². The Morgan fingerprint density at radius 3 is 2.62 bits per heavy atom. The lowest BCUT2D eigenvalue weighted by Crippen LogP contribution is -2.17. The van der Waals surface area contributed by atoms with Gasteiger partial charge in [-0.1, -0.05) is 24.3 Å². The van der Waals surface area contributed by atoms with E-state index in [-0.39, 0.29) is 11.3 Å². The molecule has 5 nitrogen and oxygen atoms in total. The molecule has 0 unspecified atom stereocenters. The van der Waals surface area contributed by atoms with Gasteiger partial charge in [0.05, 0.1) is 4.92 Å². The Labute approximate surface area is 123 Å². The van der Waals surface area contributed by atoms with E-state index in [9.17, 15) is 10.1 Å². The summed E-state index contributed by atoms with van der Waals surface area (Å²) >= 11 is 0. The monoisotopic (exact) mass is 281 g/mol. The van der Waals surface area contributed by atoms with E-state index in [0.717, 1.165) is 5.69 Å². The Hall–Kier alpha value is -2.87. The molecule has 2 aromatic carbocycles. The highest BCUT2D eigenvalue weighted by atomic mass is 16.6. The van der Waals surface area contributed by atoms with Crippen molar-refractivity contribution >= 4 is 11.4 Å². The summed E-state index contributed by atoms with van der Waals surface area (Å²) in [5.41, 5.74) is 3.06. The molecule has 5 heteroatoms. The van der Waals surface area contributed by atoms with Crippen LogP contribution in [0.5, 0.6) is 0 Å². The van der Waals surface area contributed by atoms with Crippen LogP contribution in [0.1, 0.15) is 16.7 Å². The highest BCUT2D eigenvalue weighted by molar-refractivity contribution is 5.59. The molecular formula is C16H15N3O2. The first-order chi connectivity index (χ1) is 10.0. The van der Waals surface area contributed by atoms with Crippen molar-refractivity contribution in [2.24, 2.45) is 0 Å². The fraction of sp³-hybridized carbons (Fsp3) is 0.188. The summed E-state index contributed by atoms with van der Waals surface area (Å²) in [6, 6.07) is 14.5. The predicted octanol–water partition coefficient (Wildman–Crippen LogP) is 3.41. The standard InChI is InChI=1S/C16H15N3O2/c1-12-5-3-4-6-13(12)11-18(2)15-7-8-16(19(20)21)14(9-15)10-17/h3-9H,11H2,1-2H3. The molecule has 0 saturated heterocycles. The first kappa shape index (κ1) is 14.5. The second-order valence-electron chi connectivity index (χ2n) is 4.85. The maximum absolute atomic E-state index is 10.8. The summed E-state index contributed by atoms with van der Waals surface area (Å²) in [6.07, 6.45) is 0. The normalized spacial score (nSPS) is 9.95. The second kappa shape index (κ2) is 6.06. The van der Waals surface area contributed by atoms with Crippen LogP contribution in [0.15, 0.2) is 42.5 Å². The van der Waals surface area contributed by atoms with E-state index >= 15 is 0 Å². The largest absolute Gasteiger partial charge is 0.370 e. The minimum Gasteiger partial charge on any atom is -0.370 e. The molecule has 2 aromatic rings. The van der Waals surface area contributed by atoms with Gasteiger partial charge in [-0.2, -0.15) is 5.26 Å². The van der Waals surface area contributed by atoms with Crippen LogP contribution in [0.2, 0.25) is 0 Å². The van der Waals surface area contributed by atoms with Crippen LogP contribution in [0.3, 0.4) is 0 Å². The van der Waals surface area contributed by atoms with E-state index in [1.165, 1.54) is 17.2 Å². The van der Waals surface area contributed by atoms with Crippen LogP contribution < -0.4 is 4.90 Å². The summed E-state index contributed by atoms with van der Waals surface area (Å²) in [5, 5.41) is 19.9. The van der Waals surface area contributed by atoms with Crippen molar-refractivity contribution in [1.82, 2.24) is 0 Å². The molecule has 0 amide bonds. The van der Waals surface area contributed by atoms with Crippen molar-refractivity contribution in [3.63, 3.8) is 0 Å². The maximum Gasteiger partial charge on any atom is 0.287 e. The Bertz CT molecular complexity index is 720. The summed E-state index contributed by atoms with van der Waals surface area (Å²) in [6.45, 7) is 2.72. The molecular weight excluding hydrogens is 266 g/mol. The van der Waals surface area contributed by atoms with Crippen molar-refractivity contribution < 1.29 is 4.92 Å². The average Bonchev–Trinajstić information content (AvgIpc) is 2.48. The van der Waals surface area contributed by atoms with Crippen LogP contribution in [0, 0.1) is 28.4 Å². The lowest BCUT2D eigenvalue weighted by Gasteiger charge is -2.20. The molecule has 0 aliphatic carbocycles. The third-order valence-corrected chi connectivity index (χ3v) is 3.41. The molecule has 21 heavy (non-hydrogen) atoms. The molecule has 0 aliphatic heterocycles. The molecule has 0 fully saturated rings. The highest BCUT2D eigenvalue weighted by Crippen LogP contribution is 2.25. The number of nitro groups is 1. The topological polar surface area (TPSA) is 70.2 Å². The number of nitriles is 1. The van der Waals surface area contributed by atoms with E-state index < -0.39 is 4.92 Å². The van der Waals surface area contributed by atoms with Crippen molar-refractivity contribution in [1.29, 1.82) is 5.26 Å². The van der Waals surface area contributed by atoms with Gasteiger partial charge in [-0.25, -0.2) is 0 Å². The molecule has 0 aliphatic rings. The number of nitrogens with zero attached hydrogens (tertiary/aromatic N) is 3. The van der Waals surface area contributed by atoms with Crippen LogP contribution in [0.25, 0.3) is 0 Å². The van der Waals surface area contributed by atoms with Crippen LogP contribution in [-0.2, 0) is 6.54 Å². The summed E-state index contributed by atoms with van der Waals surface area (Å²) in [7, 11) is 1.90. The Morgan fingerprint density at radius 1 is 1.29 bits per heavy atom. The van der Waals surface area contributed by atoms with E-state index in [1.54, 1.807) is 12.1 Å². The Balaban J connectivity index is 2.28. The fourth-order valence-electron chi connectivity index (χ4n) is 2.14. The number of rotatable bonds is 4. The fourth-order valence-corrected chi connectivity index (χ4v) is 2.14. The molecule has 2 rings (SSSR count). The molecule has 106 valence electrons. The first-order valence-corrected chi connectivity index (χ1v) is 6.47. The van der Waals surface area contributed by atoms with Gasteiger partial charge in [-0.3, -0.25) is 10.1 Å². The van der Waals surface area contributed by atoms with Gasteiger partial charge < -0.3 is 4.90 Å². The molecule has 0 radical (unpaired) electrons. The number of nitro benzene ring substituents is 1. The molecule has 0 spiro atoms. The number of aryl methyl sites for hydroxylation is 1. The van der Waals surface area contributed by atoms with Gasteiger partial charge in [-0.15, -0.1) is 0 Å². The van der Waals surface area contributed by atoms with Gasteiger partial charge in [-0.05, 0) is 30.2 Å². The van der Waals surface area contributed by atoms with Crippen molar-refractivity contribution in [3.8, 4) is 6.07 Å². The zero-order valence-corrected chi connectivity index (χ0v) is 11.9. The Morgan fingerprint density at radius 2 is 2.00 bits per heavy atom. The minimum absolute atomic E-state index is 0.0779. The lowest BCUT2D eigenvalue weighted by atomic mass is 10.1. The van der Waals surface area contributed by atoms with Crippen molar-refractivity contribution in [3.05, 3.63) is 69.3 Å². The average molecular weight is 281 g/mol. The number of hydrogen-bond acceptors (Lipinski definition) is 4. The summed E-state index contributed by atoms with van der Waals surface area (Å²) in [5.74, 6) is 0. The van der Waals surface area contributed by atoms with Gasteiger partial charge in [0, 0.05) is 25.3 Å². The molecule has 0 atom stereocenters. The van der Waals surface area contributed by atoms with Gasteiger partial charge in [0.2, 0.25) is 0 Å². The van der Waals surface area contributed by atoms with Crippen LogP contribution in [-0.4, -0.2) is 12.0 Å². The molecule has 0 bridgehead atoms. The van der Waals surface area contributed by atoms with Gasteiger partial charge in [0.1, 0.15) is 11.6 Å². The van der Waals surface area contributed by atoms with Crippen LogP contribution >= 0.6 is 0 Å². The van der Waals surface area contributed by atoms with Gasteiger partial charge in [0.25, 0.3) is 5.69 Å². The molecule has 0 heterocycles. The highest BCUT2D eigenvalue weighted by Gasteiger charge is 2.15. The lowest BCUT2D eigenvalue weighted by molar-refractivity contribution is -0.385. The zero-order valence-electron chi connectivity index (χ0n) is 11.9. The molecule has 0 saturated carbocycles. The third kappa shape index (κ3) is 3.18. The number of hydrogen-bond donors (Lipinski definition) is 0. The minimum atomic E-state index is -0.538. The van der Waals surface area contributed by atoms with E-state index in [4.69, 9.17) is 5.26 Å².